The predicted molar refractivity (Wildman–Crippen MR) is 118 cm³/mol. The van der Waals surface area contributed by atoms with E-state index in [9.17, 15) is 0 Å². The van der Waals surface area contributed by atoms with Crippen LogP contribution in [0.15, 0.2) is 0 Å². The van der Waals surface area contributed by atoms with Gasteiger partial charge in [0.2, 0.25) is 0 Å². The van der Waals surface area contributed by atoms with Crippen LogP contribution in [0.1, 0.15) is 0 Å². The summed E-state index contributed by atoms with van der Waals surface area (Å²) < 4.78 is 32.3. The Balaban J connectivity index is 3.58. The van der Waals surface area contributed by atoms with Gasteiger partial charge in [0.1, 0.15) is 0 Å². The Kier molecular flexibility index (Phi) is 17.8. The van der Waals surface area contributed by atoms with Crippen LogP contribution in [0.5, 0.6) is 0 Å². The Labute approximate surface area is 170 Å². The first-order valence-corrected chi connectivity index (χ1v) is 18.5. The number of rotatable bonds is 17. The summed E-state index contributed by atoms with van der Waals surface area (Å²) in [6, 6.07) is 1.61. The molecule has 0 aliphatic rings. The lowest BCUT2D eigenvalue weighted by Crippen LogP contribution is -2.43. The van der Waals surface area contributed by atoms with Crippen molar-refractivity contribution >= 4 is 78.5 Å². The van der Waals surface area contributed by atoms with E-state index in [1.165, 1.54) is 0 Å². The minimum Gasteiger partial charge on any atom is -0.377 e. The second-order valence-electron chi connectivity index (χ2n) is 4.01. The SMILES string of the molecule is CO[Si](CCSSSSSSCC[Si](OC)(OC)OC)(OC)OC. The quantitative estimate of drug-likeness (QED) is 0.161. The fraction of sp³-hybridized carbons (Fsp3) is 1.00. The van der Waals surface area contributed by atoms with Gasteiger partial charge >= 0.3 is 17.6 Å². The van der Waals surface area contributed by atoms with Crippen LogP contribution >= 0.6 is 60.9 Å². The van der Waals surface area contributed by atoms with E-state index < -0.39 is 17.6 Å². The zero-order valence-corrected chi connectivity index (χ0v) is 21.6. The number of hydrogen-bond donors (Lipinski definition) is 0. The van der Waals surface area contributed by atoms with E-state index in [4.69, 9.17) is 26.6 Å². The van der Waals surface area contributed by atoms with E-state index in [1.807, 2.05) is 0 Å². The highest BCUT2D eigenvalue weighted by Crippen LogP contribution is 2.52. The Morgan fingerprint density at radius 3 is 1.04 bits per heavy atom. The van der Waals surface area contributed by atoms with Crippen molar-refractivity contribution in [3.8, 4) is 0 Å². The molecule has 24 heavy (non-hydrogen) atoms. The zero-order chi connectivity index (χ0) is 18.3. The van der Waals surface area contributed by atoms with Crippen LogP contribution in [0.3, 0.4) is 0 Å². The van der Waals surface area contributed by atoms with Gasteiger partial charge in [-0.15, -0.1) is 0 Å². The highest BCUT2D eigenvalue weighted by atomic mass is 33.9. The second kappa shape index (κ2) is 16.3. The summed E-state index contributed by atoms with van der Waals surface area (Å²) >= 11 is 0. The molecule has 0 rings (SSSR count). The third-order valence-corrected chi connectivity index (χ3v) is 20.1. The van der Waals surface area contributed by atoms with Crippen LogP contribution in [-0.4, -0.2) is 71.8 Å². The number of hydrogen-bond acceptors (Lipinski definition) is 12. The average Bonchev–Trinajstić information content (AvgIpc) is 2.64. The maximum atomic E-state index is 5.39. The molecular weight excluding hydrogens is 465 g/mol. The summed E-state index contributed by atoms with van der Waals surface area (Å²) in [5.41, 5.74) is 0. The average molecular weight is 491 g/mol. The molecule has 0 aromatic heterocycles. The van der Waals surface area contributed by atoms with E-state index in [1.54, 1.807) is 104 Å². The maximum Gasteiger partial charge on any atom is 0.501 e. The minimum atomic E-state index is -2.42. The van der Waals surface area contributed by atoms with Crippen molar-refractivity contribution in [2.45, 2.75) is 12.1 Å². The fourth-order valence-corrected chi connectivity index (χ4v) is 18.4. The van der Waals surface area contributed by atoms with Gasteiger partial charge in [0.25, 0.3) is 0 Å². The standard InChI is InChI=1S/C10H26O6S6Si2/c1-11-23(12-2,13-3)9-7-17-19-21-22-20-18-8-10-24(14-4,15-5)16-6/h7-10H2,1-6H3. The third kappa shape index (κ3) is 10.6. The first-order valence-electron chi connectivity index (χ1n) is 6.79. The summed E-state index contributed by atoms with van der Waals surface area (Å²) in [6.07, 6.45) is 0. The van der Waals surface area contributed by atoms with E-state index in [0.717, 1.165) is 23.6 Å². The van der Waals surface area contributed by atoms with Gasteiger partial charge in [-0.2, -0.15) is 0 Å². The molecule has 0 aliphatic carbocycles. The zero-order valence-electron chi connectivity index (χ0n) is 14.7. The Bertz CT molecular complexity index is 256. The summed E-state index contributed by atoms with van der Waals surface area (Å²) in [5.74, 6) is 1.86. The van der Waals surface area contributed by atoms with Crippen LogP contribution < -0.4 is 0 Å². The van der Waals surface area contributed by atoms with Gasteiger partial charge in [-0.3, -0.25) is 0 Å². The smallest absolute Gasteiger partial charge is 0.377 e. The molecule has 0 saturated carbocycles. The normalized spacial score (nSPS) is 12.8. The molecule has 0 aliphatic heterocycles. The van der Waals surface area contributed by atoms with Crippen molar-refractivity contribution in [2.75, 3.05) is 54.2 Å². The van der Waals surface area contributed by atoms with Gasteiger partial charge in [-0.25, -0.2) is 0 Å². The molecule has 0 saturated heterocycles. The summed E-state index contributed by atoms with van der Waals surface area (Å²) in [5, 5.41) is 0. The van der Waals surface area contributed by atoms with Crippen LogP contribution in [0.25, 0.3) is 0 Å². The largest absolute Gasteiger partial charge is 0.501 e. The van der Waals surface area contributed by atoms with E-state index in [0.29, 0.717) is 0 Å². The van der Waals surface area contributed by atoms with Crippen molar-refractivity contribution in [3.63, 3.8) is 0 Å². The van der Waals surface area contributed by atoms with Gasteiger partial charge in [0.05, 0.1) is 0 Å². The molecule has 0 N–H and O–H groups in total. The lowest BCUT2D eigenvalue weighted by molar-refractivity contribution is 0.125. The first kappa shape index (κ1) is 26.3. The van der Waals surface area contributed by atoms with Crippen molar-refractivity contribution in [3.05, 3.63) is 0 Å². The van der Waals surface area contributed by atoms with Gasteiger partial charge < -0.3 is 26.6 Å². The molecule has 0 atom stereocenters. The van der Waals surface area contributed by atoms with Gasteiger partial charge in [0.15, 0.2) is 0 Å². The Morgan fingerprint density at radius 2 is 0.792 bits per heavy atom. The summed E-state index contributed by atoms with van der Waals surface area (Å²) in [4.78, 5) is 0. The van der Waals surface area contributed by atoms with Crippen molar-refractivity contribution in [2.24, 2.45) is 0 Å². The van der Waals surface area contributed by atoms with Gasteiger partial charge in [-0.05, 0) is 39.3 Å². The van der Waals surface area contributed by atoms with Crippen molar-refractivity contribution in [1.82, 2.24) is 0 Å². The fourth-order valence-electron chi connectivity index (χ4n) is 1.58. The molecule has 146 valence electrons. The van der Waals surface area contributed by atoms with E-state index >= 15 is 0 Å². The molecule has 14 heteroatoms. The lowest BCUT2D eigenvalue weighted by Gasteiger charge is -2.23. The molecule has 0 aromatic carbocycles. The van der Waals surface area contributed by atoms with Crippen molar-refractivity contribution in [1.29, 1.82) is 0 Å². The van der Waals surface area contributed by atoms with Crippen LogP contribution in [-0.2, 0) is 26.6 Å². The molecule has 0 heterocycles. The van der Waals surface area contributed by atoms with Crippen LogP contribution in [0.2, 0.25) is 12.1 Å². The predicted octanol–water partition coefficient (Wildman–Crippen LogP) is 4.72. The highest BCUT2D eigenvalue weighted by Gasteiger charge is 2.37. The molecule has 0 radical (unpaired) electrons. The summed E-state index contributed by atoms with van der Waals surface area (Å²) in [7, 11) is 15.6. The topological polar surface area (TPSA) is 55.4 Å². The minimum absolute atomic E-state index is 0.805. The molecule has 0 unspecified atom stereocenters. The monoisotopic (exact) mass is 490 g/mol. The lowest BCUT2D eigenvalue weighted by atomic mass is 11.0. The van der Waals surface area contributed by atoms with E-state index in [2.05, 4.69) is 0 Å². The second-order valence-corrected chi connectivity index (χ2v) is 20.0. The molecule has 6 nitrogen and oxygen atoms in total. The highest BCUT2D eigenvalue weighted by molar-refractivity contribution is 9.41. The third-order valence-electron chi connectivity index (χ3n) is 3.03. The van der Waals surface area contributed by atoms with Crippen LogP contribution in [0.4, 0.5) is 0 Å². The molecule has 0 aromatic rings. The molecule has 0 spiro atoms. The molecule has 0 bridgehead atoms. The summed E-state index contributed by atoms with van der Waals surface area (Å²) in [6.45, 7) is 0. The van der Waals surface area contributed by atoms with Crippen molar-refractivity contribution < 1.29 is 26.6 Å². The Morgan fingerprint density at radius 1 is 0.500 bits per heavy atom. The maximum absolute atomic E-state index is 5.39. The first-order chi connectivity index (χ1) is 11.6. The molecule has 0 fully saturated rings. The Hall–Kier alpha value is 2.29. The molecule has 0 amide bonds. The van der Waals surface area contributed by atoms with E-state index in [-0.39, 0.29) is 0 Å². The van der Waals surface area contributed by atoms with Crippen LogP contribution in [0, 0.1) is 0 Å². The van der Waals surface area contributed by atoms with Gasteiger partial charge in [-0.1, -0.05) is 21.6 Å². The molecular formula is C10H26O6S6Si2. The van der Waals surface area contributed by atoms with Gasteiger partial charge in [0, 0.05) is 66.3 Å².